The number of hydrogen-bond acceptors (Lipinski definition) is 9. The van der Waals surface area contributed by atoms with E-state index in [9.17, 15) is 14.4 Å². The van der Waals surface area contributed by atoms with Crippen molar-refractivity contribution in [3.05, 3.63) is 40.2 Å². The Balaban J connectivity index is 1.58. The monoisotopic (exact) mass is 458 g/mol. The zero-order valence-corrected chi connectivity index (χ0v) is 19.3. The van der Waals surface area contributed by atoms with E-state index in [-0.39, 0.29) is 12.2 Å². The molecule has 0 spiro atoms. The summed E-state index contributed by atoms with van der Waals surface area (Å²) < 4.78 is 34.1. The van der Waals surface area contributed by atoms with Crippen LogP contribution in [0.2, 0.25) is 0 Å². The van der Waals surface area contributed by atoms with Crippen molar-refractivity contribution in [1.29, 1.82) is 0 Å². The molecule has 0 bridgehead atoms. The summed E-state index contributed by atoms with van der Waals surface area (Å²) in [4.78, 5) is 37.6. The fraction of sp³-hybridized carbons (Fsp3) is 0.542. The topological polar surface area (TPSA) is 117 Å². The fourth-order valence-electron chi connectivity index (χ4n) is 4.18. The number of fused-ring (bicyclic) bond motifs is 2. The summed E-state index contributed by atoms with van der Waals surface area (Å²) in [6, 6.07) is 6.20. The third kappa shape index (κ3) is 3.41. The molecule has 0 amide bonds. The molecule has 5 rings (SSSR count). The number of esters is 2. The highest BCUT2D eigenvalue weighted by Gasteiger charge is 2.61. The lowest BCUT2D eigenvalue weighted by atomic mass is 9.87. The quantitative estimate of drug-likeness (QED) is 0.387. The van der Waals surface area contributed by atoms with Gasteiger partial charge in [0.25, 0.3) is 0 Å². The molecule has 33 heavy (non-hydrogen) atoms. The smallest absolute Gasteiger partial charge is 0.341 e. The molecule has 0 unspecified atom stereocenters. The molecule has 2 saturated heterocycles. The Kier molecular flexibility index (Phi) is 4.52. The summed E-state index contributed by atoms with van der Waals surface area (Å²) in [5, 5.41) is 0.608. The van der Waals surface area contributed by atoms with Crippen LogP contribution in [0.25, 0.3) is 11.0 Å². The van der Waals surface area contributed by atoms with Crippen LogP contribution in [0.4, 0.5) is 0 Å². The molecule has 0 radical (unpaired) electrons. The van der Waals surface area contributed by atoms with Gasteiger partial charge in [-0.15, -0.1) is 0 Å². The standard InChI is InChI=1S/C24H26O9/c1-11-23(5,31-11)20(26)29-18-14-9-13-7-8-17(25)28-15(13)10-16(14)33-22(3,4)19(18)30-21(27)24(6)12(2)32-24/h7-12,18-19H,1-6H3/t11-,12+,18+,19+,23-,24+/m0/s1. The zero-order valence-electron chi connectivity index (χ0n) is 19.3. The second-order valence-corrected chi connectivity index (χ2v) is 9.77. The fourth-order valence-corrected chi connectivity index (χ4v) is 4.18. The highest BCUT2D eigenvalue weighted by molar-refractivity contribution is 5.85. The predicted octanol–water partition coefficient (Wildman–Crippen LogP) is 2.81. The number of rotatable bonds is 4. The zero-order chi connectivity index (χ0) is 23.9. The van der Waals surface area contributed by atoms with E-state index in [1.807, 2.05) is 0 Å². The lowest BCUT2D eigenvalue weighted by Gasteiger charge is -2.43. The van der Waals surface area contributed by atoms with Gasteiger partial charge in [-0.25, -0.2) is 14.4 Å². The van der Waals surface area contributed by atoms with Gasteiger partial charge in [0.15, 0.2) is 23.4 Å². The molecule has 176 valence electrons. The number of epoxide rings is 2. The minimum atomic E-state index is -1.08. The number of benzene rings is 1. The van der Waals surface area contributed by atoms with E-state index >= 15 is 0 Å². The molecule has 1 aromatic heterocycles. The van der Waals surface area contributed by atoms with Gasteiger partial charge in [0.1, 0.15) is 16.9 Å². The Labute approximate surface area is 189 Å². The minimum Gasteiger partial charge on any atom is -0.483 e. The molecule has 9 nitrogen and oxygen atoms in total. The molecule has 2 fully saturated rings. The van der Waals surface area contributed by atoms with Crippen molar-refractivity contribution in [1.82, 2.24) is 0 Å². The van der Waals surface area contributed by atoms with E-state index in [0.29, 0.717) is 22.3 Å². The number of carbonyl (C=O) groups is 2. The molecule has 6 atom stereocenters. The summed E-state index contributed by atoms with van der Waals surface area (Å²) in [6.07, 6.45) is -2.52. The molecule has 0 aliphatic carbocycles. The van der Waals surface area contributed by atoms with E-state index < -0.39 is 46.6 Å². The Morgan fingerprint density at radius 2 is 1.48 bits per heavy atom. The molecular weight excluding hydrogens is 432 g/mol. The minimum absolute atomic E-state index is 0.280. The van der Waals surface area contributed by atoms with Crippen molar-refractivity contribution in [3.8, 4) is 5.75 Å². The van der Waals surface area contributed by atoms with Crippen molar-refractivity contribution in [2.45, 2.75) is 82.8 Å². The lowest BCUT2D eigenvalue weighted by molar-refractivity contribution is -0.196. The summed E-state index contributed by atoms with van der Waals surface area (Å²) in [5.74, 6) is -0.758. The van der Waals surface area contributed by atoms with Gasteiger partial charge in [-0.1, -0.05) is 0 Å². The Morgan fingerprint density at radius 1 is 0.909 bits per heavy atom. The second-order valence-electron chi connectivity index (χ2n) is 9.77. The van der Waals surface area contributed by atoms with E-state index in [2.05, 4.69) is 0 Å². The van der Waals surface area contributed by atoms with Gasteiger partial charge in [0, 0.05) is 23.1 Å². The Hall–Kier alpha value is -2.91. The maximum Gasteiger partial charge on any atom is 0.341 e. The molecular formula is C24H26O9. The second kappa shape index (κ2) is 6.80. The van der Waals surface area contributed by atoms with Gasteiger partial charge in [-0.05, 0) is 53.7 Å². The SMILES string of the molecule is C[C@@H]1O[C@]1(C)C(=O)O[C@@H]1c2cc3ccc(=O)oc3cc2OC(C)(C)[C@@H]1OC(=O)[C@]1(C)O[C@@H]1C. The average molecular weight is 458 g/mol. The highest BCUT2D eigenvalue weighted by Crippen LogP contribution is 2.48. The van der Waals surface area contributed by atoms with Crippen LogP contribution in [0.5, 0.6) is 5.75 Å². The lowest BCUT2D eigenvalue weighted by Crippen LogP contribution is -2.53. The number of hydrogen-bond donors (Lipinski definition) is 0. The molecule has 9 heteroatoms. The molecule has 0 N–H and O–H groups in total. The Bertz CT molecular complexity index is 1230. The predicted molar refractivity (Wildman–Crippen MR) is 114 cm³/mol. The summed E-state index contributed by atoms with van der Waals surface area (Å²) in [5.41, 5.74) is -2.88. The van der Waals surface area contributed by atoms with Gasteiger partial charge in [0.05, 0.1) is 12.2 Å². The van der Waals surface area contributed by atoms with Crippen LogP contribution in [0.1, 0.15) is 53.2 Å². The van der Waals surface area contributed by atoms with Crippen LogP contribution in [0, 0.1) is 0 Å². The van der Waals surface area contributed by atoms with E-state index in [1.165, 1.54) is 6.07 Å². The van der Waals surface area contributed by atoms with Gasteiger partial charge < -0.3 is 28.1 Å². The molecule has 4 heterocycles. The number of carbonyl (C=O) groups excluding carboxylic acids is 2. The highest BCUT2D eigenvalue weighted by atomic mass is 16.7. The van der Waals surface area contributed by atoms with Crippen LogP contribution < -0.4 is 10.4 Å². The van der Waals surface area contributed by atoms with Crippen LogP contribution in [0.3, 0.4) is 0 Å². The largest absolute Gasteiger partial charge is 0.483 e. The van der Waals surface area contributed by atoms with Crippen molar-refractivity contribution in [2.24, 2.45) is 0 Å². The summed E-state index contributed by atoms with van der Waals surface area (Å²) in [7, 11) is 0. The van der Waals surface area contributed by atoms with Gasteiger partial charge in [0.2, 0.25) is 0 Å². The van der Waals surface area contributed by atoms with Gasteiger partial charge >= 0.3 is 17.6 Å². The summed E-state index contributed by atoms with van der Waals surface area (Å²) in [6.45, 7) is 10.3. The number of ether oxygens (including phenoxy) is 5. The maximum absolute atomic E-state index is 13.0. The first-order valence-corrected chi connectivity index (χ1v) is 10.9. The first-order chi connectivity index (χ1) is 15.3. The molecule has 2 aromatic rings. The molecule has 1 aromatic carbocycles. The Morgan fingerprint density at radius 3 is 2.06 bits per heavy atom. The maximum atomic E-state index is 13.0. The van der Waals surface area contributed by atoms with E-state index in [0.717, 1.165) is 0 Å². The van der Waals surface area contributed by atoms with Gasteiger partial charge in [-0.2, -0.15) is 0 Å². The normalized spacial score (nSPS) is 35.8. The van der Waals surface area contributed by atoms with E-state index in [4.69, 9.17) is 28.1 Å². The molecule has 3 aliphatic rings. The summed E-state index contributed by atoms with van der Waals surface area (Å²) >= 11 is 0. The van der Waals surface area contributed by atoms with E-state index in [1.54, 1.807) is 59.7 Å². The van der Waals surface area contributed by atoms with Crippen LogP contribution >= 0.6 is 0 Å². The van der Waals surface area contributed by atoms with Crippen molar-refractivity contribution in [2.75, 3.05) is 0 Å². The first kappa shape index (κ1) is 21.9. The van der Waals surface area contributed by atoms with Crippen LogP contribution in [-0.2, 0) is 28.5 Å². The first-order valence-electron chi connectivity index (χ1n) is 10.9. The third-order valence-corrected chi connectivity index (χ3v) is 6.95. The van der Waals surface area contributed by atoms with Crippen LogP contribution in [0.15, 0.2) is 33.5 Å². The average Bonchev–Trinajstić information content (AvgIpc) is 3.57. The van der Waals surface area contributed by atoms with Crippen molar-refractivity contribution >= 4 is 22.9 Å². The van der Waals surface area contributed by atoms with Crippen molar-refractivity contribution in [3.63, 3.8) is 0 Å². The molecule has 0 saturated carbocycles. The van der Waals surface area contributed by atoms with Crippen LogP contribution in [-0.4, -0.2) is 47.1 Å². The van der Waals surface area contributed by atoms with Gasteiger partial charge in [-0.3, -0.25) is 0 Å². The third-order valence-electron chi connectivity index (χ3n) is 6.95. The molecule has 3 aliphatic heterocycles. The van der Waals surface area contributed by atoms with Crippen molar-refractivity contribution < 1.29 is 37.7 Å².